The van der Waals surface area contributed by atoms with Gasteiger partial charge in [0, 0.05) is 0 Å². The van der Waals surface area contributed by atoms with E-state index in [9.17, 15) is 18.3 Å². The Hall–Kier alpha value is -0.930. The van der Waals surface area contributed by atoms with E-state index in [2.05, 4.69) is 14.5 Å². The smallest absolute Gasteiger partial charge is 0.503 e. The number of aromatic hydroxyl groups is 1. The summed E-state index contributed by atoms with van der Waals surface area (Å²) < 4.78 is 43.9. The zero-order valence-corrected chi connectivity index (χ0v) is 9.46. The summed E-state index contributed by atoms with van der Waals surface area (Å²) in [5.41, 5.74) is 0. The predicted octanol–water partition coefficient (Wildman–Crippen LogP) is 2.30. The molecule has 0 aliphatic rings. The van der Waals surface area contributed by atoms with E-state index in [-0.39, 0.29) is 15.1 Å². The summed E-state index contributed by atoms with van der Waals surface area (Å²) >= 11 is 1.53. The minimum Gasteiger partial charge on any atom is -0.503 e. The van der Waals surface area contributed by atoms with Gasteiger partial charge in [0.1, 0.15) is 3.57 Å². The van der Waals surface area contributed by atoms with Gasteiger partial charge in [0.05, 0.1) is 13.3 Å². The van der Waals surface area contributed by atoms with E-state index in [1.807, 2.05) is 0 Å². The SMILES string of the molecule is COc1c(O)cnc(OC(F)(F)F)c1I. The molecule has 0 bridgehead atoms. The summed E-state index contributed by atoms with van der Waals surface area (Å²) in [7, 11) is 1.22. The first kappa shape index (κ1) is 12.1. The minimum atomic E-state index is -4.82. The van der Waals surface area contributed by atoms with Crippen LogP contribution >= 0.6 is 22.6 Å². The molecule has 0 amide bonds. The fraction of sp³-hybridized carbons (Fsp3) is 0.286. The Labute approximate surface area is 96.2 Å². The molecule has 0 aliphatic heterocycles. The van der Waals surface area contributed by atoms with Crippen molar-refractivity contribution in [2.24, 2.45) is 0 Å². The van der Waals surface area contributed by atoms with Gasteiger partial charge in [0.15, 0.2) is 11.5 Å². The number of nitrogens with zero attached hydrogens (tertiary/aromatic N) is 1. The average molecular weight is 335 g/mol. The summed E-state index contributed by atoms with van der Waals surface area (Å²) in [4.78, 5) is 3.29. The van der Waals surface area contributed by atoms with Crippen LogP contribution in [0.4, 0.5) is 13.2 Å². The van der Waals surface area contributed by atoms with Gasteiger partial charge in [-0.05, 0) is 22.6 Å². The maximum atomic E-state index is 11.9. The zero-order chi connectivity index (χ0) is 11.6. The van der Waals surface area contributed by atoms with E-state index in [0.29, 0.717) is 0 Å². The number of alkyl halides is 3. The molecule has 1 rings (SSSR count). The number of halogens is 4. The van der Waals surface area contributed by atoms with E-state index in [1.54, 1.807) is 0 Å². The molecule has 1 heterocycles. The van der Waals surface area contributed by atoms with Crippen LogP contribution in [0.1, 0.15) is 0 Å². The van der Waals surface area contributed by atoms with E-state index in [4.69, 9.17) is 0 Å². The molecular weight excluding hydrogens is 330 g/mol. The zero-order valence-electron chi connectivity index (χ0n) is 7.30. The van der Waals surface area contributed by atoms with Crippen molar-refractivity contribution in [2.75, 3.05) is 7.11 Å². The molecule has 0 spiro atoms. The molecule has 84 valence electrons. The lowest BCUT2D eigenvalue weighted by Crippen LogP contribution is -2.18. The molecular formula is C7H5F3INO3. The lowest BCUT2D eigenvalue weighted by molar-refractivity contribution is -0.276. The van der Waals surface area contributed by atoms with Gasteiger partial charge in [-0.15, -0.1) is 13.2 Å². The van der Waals surface area contributed by atoms with Gasteiger partial charge in [0.2, 0.25) is 5.88 Å². The molecule has 8 heteroatoms. The number of methoxy groups -OCH3 is 1. The summed E-state index contributed by atoms with van der Waals surface area (Å²) in [6.45, 7) is 0. The van der Waals surface area contributed by atoms with E-state index >= 15 is 0 Å². The van der Waals surface area contributed by atoms with Gasteiger partial charge in [-0.1, -0.05) is 0 Å². The maximum absolute atomic E-state index is 11.9. The Balaban J connectivity index is 3.11. The van der Waals surface area contributed by atoms with Crippen LogP contribution < -0.4 is 9.47 Å². The van der Waals surface area contributed by atoms with Gasteiger partial charge in [-0.3, -0.25) is 0 Å². The Bertz CT molecular complexity index is 369. The van der Waals surface area contributed by atoms with Gasteiger partial charge >= 0.3 is 6.36 Å². The highest BCUT2D eigenvalue weighted by Crippen LogP contribution is 2.37. The Morgan fingerprint density at radius 1 is 1.47 bits per heavy atom. The van der Waals surface area contributed by atoms with Gasteiger partial charge in [-0.2, -0.15) is 0 Å². The van der Waals surface area contributed by atoms with E-state index < -0.39 is 12.2 Å². The third-order valence-corrected chi connectivity index (χ3v) is 2.29. The fourth-order valence-corrected chi connectivity index (χ4v) is 1.57. The first-order chi connectivity index (χ1) is 6.85. The van der Waals surface area contributed by atoms with Crippen LogP contribution in [0.25, 0.3) is 0 Å². The van der Waals surface area contributed by atoms with E-state index in [0.717, 1.165) is 6.20 Å². The molecule has 15 heavy (non-hydrogen) atoms. The number of rotatable bonds is 2. The van der Waals surface area contributed by atoms with Crippen LogP contribution in [0.15, 0.2) is 6.20 Å². The van der Waals surface area contributed by atoms with Gasteiger partial charge in [0.25, 0.3) is 0 Å². The first-order valence-electron chi connectivity index (χ1n) is 3.52. The molecule has 0 saturated heterocycles. The molecule has 1 aromatic rings. The van der Waals surface area contributed by atoms with Crippen molar-refractivity contribution in [3.63, 3.8) is 0 Å². The molecule has 1 aromatic heterocycles. The number of pyridine rings is 1. The number of hydrogen-bond donors (Lipinski definition) is 1. The third kappa shape index (κ3) is 3.01. The molecule has 0 aliphatic carbocycles. The van der Waals surface area contributed by atoms with Crippen molar-refractivity contribution in [2.45, 2.75) is 6.36 Å². The molecule has 1 N–H and O–H groups in total. The first-order valence-corrected chi connectivity index (χ1v) is 4.60. The second-order valence-corrected chi connectivity index (χ2v) is 3.42. The van der Waals surface area contributed by atoms with Crippen LogP contribution in [-0.2, 0) is 0 Å². The highest BCUT2D eigenvalue weighted by molar-refractivity contribution is 14.1. The molecule has 0 saturated carbocycles. The molecule has 0 unspecified atom stereocenters. The standard InChI is InChI=1S/C7H5F3INO3/c1-14-5-3(13)2-12-6(4(5)11)15-7(8,9)10/h2,13H,1H3. The van der Waals surface area contributed by atoms with Crippen molar-refractivity contribution < 1.29 is 27.8 Å². The maximum Gasteiger partial charge on any atom is 0.574 e. The highest BCUT2D eigenvalue weighted by atomic mass is 127. The van der Waals surface area contributed by atoms with Crippen molar-refractivity contribution in [1.29, 1.82) is 0 Å². The Kier molecular flexibility index (Phi) is 3.47. The summed E-state index contributed by atoms with van der Waals surface area (Å²) in [5.74, 6) is -1.11. The van der Waals surface area contributed by atoms with Crippen molar-refractivity contribution in [3.05, 3.63) is 9.77 Å². The number of hydrogen-bond acceptors (Lipinski definition) is 4. The van der Waals surface area contributed by atoms with E-state index in [1.165, 1.54) is 29.7 Å². The lowest BCUT2D eigenvalue weighted by atomic mass is 10.4. The van der Waals surface area contributed by atoms with Crippen LogP contribution in [0, 0.1) is 3.57 Å². The Morgan fingerprint density at radius 2 is 2.07 bits per heavy atom. The van der Waals surface area contributed by atoms with Crippen LogP contribution in [0.2, 0.25) is 0 Å². The normalized spacial score (nSPS) is 11.3. The largest absolute Gasteiger partial charge is 0.574 e. The lowest BCUT2D eigenvalue weighted by Gasteiger charge is -2.12. The molecule has 0 radical (unpaired) electrons. The van der Waals surface area contributed by atoms with Gasteiger partial charge in [-0.25, -0.2) is 4.98 Å². The average Bonchev–Trinajstić information content (AvgIpc) is 2.09. The summed E-state index contributed by atoms with van der Waals surface area (Å²) in [5, 5.41) is 9.19. The van der Waals surface area contributed by atoms with Crippen molar-refractivity contribution in [3.8, 4) is 17.4 Å². The molecule has 0 fully saturated rings. The van der Waals surface area contributed by atoms with Crippen LogP contribution in [0.5, 0.6) is 17.4 Å². The Morgan fingerprint density at radius 3 is 2.53 bits per heavy atom. The minimum absolute atomic E-state index is 0.0487. The molecule has 0 atom stereocenters. The van der Waals surface area contributed by atoms with Crippen LogP contribution in [-0.4, -0.2) is 23.6 Å². The van der Waals surface area contributed by atoms with Crippen molar-refractivity contribution in [1.82, 2.24) is 4.98 Å². The van der Waals surface area contributed by atoms with Crippen molar-refractivity contribution >= 4 is 22.6 Å². The second-order valence-electron chi connectivity index (χ2n) is 2.34. The predicted molar refractivity (Wildman–Crippen MR) is 51.9 cm³/mol. The fourth-order valence-electron chi connectivity index (χ4n) is 0.820. The summed E-state index contributed by atoms with van der Waals surface area (Å²) in [6.07, 6.45) is -4.00. The third-order valence-electron chi connectivity index (χ3n) is 1.34. The monoisotopic (exact) mass is 335 g/mol. The number of ether oxygens (including phenoxy) is 2. The molecule has 4 nitrogen and oxygen atoms in total. The second kappa shape index (κ2) is 4.29. The summed E-state index contributed by atoms with van der Waals surface area (Å²) in [6, 6.07) is 0. The van der Waals surface area contributed by atoms with Gasteiger partial charge < -0.3 is 14.6 Å². The quantitative estimate of drug-likeness (QED) is 0.843. The highest BCUT2D eigenvalue weighted by Gasteiger charge is 2.33. The number of aromatic nitrogens is 1. The topological polar surface area (TPSA) is 51.6 Å². The van der Waals surface area contributed by atoms with Crippen LogP contribution in [0.3, 0.4) is 0 Å². The molecule has 0 aromatic carbocycles.